The van der Waals surface area contributed by atoms with Crippen LogP contribution in [0.2, 0.25) is 5.02 Å². The number of halogens is 3. The summed E-state index contributed by atoms with van der Waals surface area (Å²) in [7, 11) is 0. The average Bonchev–Trinajstić information content (AvgIpc) is 2.23. The number of rotatable bonds is 1. The quantitative estimate of drug-likeness (QED) is 0.432. The molecular weight excluding hydrogens is 204 g/mol. The van der Waals surface area contributed by atoms with Crippen LogP contribution in [-0.4, -0.2) is 10.4 Å². The molecular formula is C7H4Cl2FNO. The minimum Gasteiger partial charge on any atom is -0.410 e. The molecule has 0 aliphatic heterocycles. The molecule has 12 heavy (non-hydrogen) atoms. The molecule has 2 nitrogen and oxygen atoms in total. The third kappa shape index (κ3) is 1.68. The highest BCUT2D eigenvalue weighted by Crippen LogP contribution is 2.20. The lowest BCUT2D eigenvalue weighted by Crippen LogP contribution is -1.96. The van der Waals surface area contributed by atoms with Gasteiger partial charge >= 0.3 is 0 Å². The van der Waals surface area contributed by atoms with Crippen molar-refractivity contribution in [3.63, 3.8) is 0 Å². The van der Waals surface area contributed by atoms with E-state index in [2.05, 4.69) is 5.16 Å². The van der Waals surface area contributed by atoms with Crippen LogP contribution in [0.4, 0.5) is 4.39 Å². The van der Waals surface area contributed by atoms with Gasteiger partial charge < -0.3 is 5.21 Å². The number of hydrogen-bond acceptors (Lipinski definition) is 2. The molecule has 1 N–H and O–H groups in total. The van der Waals surface area contributed by atoms with Crippen LogP contribution in [0.15, 0.2) is 23.3 Å². The monoisotopic (exact) mass is 210 g/mol. The Morgan fingerprint density at radius 1 is 1.67 bits per heavy atom. The number of hydrogen-bond donors (Lipinski definition) is 1. The summed E-state index contributed by atoms with van der Waals surface area (Å²) in [6.45, 7) is 0. The van der Waals surface area contributed by atoms with Gasteiger partial charge in [0.2, 0.25) is 0 Å². The highest BCUT2D eigenvalue weighted by atomic mass is 35.5. The second kappa shape index (κ2) is 3.74. The summed E-state index contributed by atoms with van der Waals surface area (Å²) in [5, 5.41) is 9.74. The molecule has 0 amide bonds. The predicted octanol–water partition coefficient (Wildman–Crippen LogP) is 2.85. The molecule has 64 valence electrons. The van der Waals surface area contributed by atoms with Gasteiger partial charge in [0.05, 0.1) is 14.7 Å². The van der Waals surface area contributed by atoms with Gasteiger partial charge in [0.1, 0.15) is 5.82 Å². The highest BCUT2D eigenvalue weighted by molar-refractivity contribution is 6.70. The molecule has 0 spiro atoms. The fourth-order valence-corrected chi connectivity index (χ4v) is 1.04. The lowest BCUT2D eigenvalue weighted by atomic mass is 10.2. The average molecular weight is 211 g/mol. The molecule has 0 saturated heterocycles. The fourth-order valence-electron chi connectivity index (χ4n) is 0.593. The lowest BCUT2D eigenvalue weighted by Gasteiger charge is -2.00. The van der Waals surface area contributed by atoms with E-state index < -0.39 is 39.7 Å². The van der Waals surface area contributed by atoms with Crippen molar-refractivity contribution < 1.29 is 13.7 Å². The van der Waals surface area contributed by atoms with Crippen molar-refractivity contribution in [2.75, 3.05) is 0 Å². The van der Waals surface area contributed by atoms with Crippen molar-refractivity contribution in [1.82, 2.24) is 0 Å². The van der Waals surface area contributed by atoms with E-state index in [1.54, 1.807) is 0 Å². The first-order chi connectivity index (χ1) is 6.91. The van der Waals surface area contributed by atoms with Crippen molar-refractivity contribution in [2.24, 2.45) is 5.16 Å². The van der Waals surface area contributed by atoms with Gasteiger partial charge in [-0.15, -0.1) is 0 Å². The Kier molecular flexibility index (Phi) is 1.80. The summed E-state index contributed by atoms with van der Waals surface area (Å²) in [4.78, 5) is 0. The van der Waals surface area contributed by atoms with E-state index in [0.717, 1.165) is 0 Å². The molecule has 0 aliphatic carbocycles. The SMILES string of the molecule is [2H]c1c([2H])c(F)c(/C(Cl)=N/O)c(Cl)c1[2H]. The fraction of sp³-hybridized carbons (Fsp3) is 0. The lowest BCUT2D eigenvalue weighted by molar-refractivity contribution is 0.320. The standard InChI is InChI=1S/C7H4Cl2FNO/c8-4-2-1-3-5(10)6(4)7(9)11-12/h1-3,12H/b11-7-/i1D,2D,3D. The first-order valence-electron chi connectivity index (χ1n) is 4.24. The summed E-state index contributed by atoms with van der Waals surface area (Å²) < 4.78 is 35.0. The van der Waals surface area contributed by atoms with Crippen LogP contribution in [0.5, 0.6) is 0 Å². The van der Waals surface area contributed by atoms with E-state index in [9.17, 15) is 4.39 Å². The molecule has 1 rings (SSSR count). The molecule has 0 unspecified atom stereocenters. The summed E-state index contributed by atoms with van der Waals surface area (Å²) in [6, 6.07) is -2.01. The third-order valence-corrected chi connectivity index (χ3v) is 1.63. The van der Waals surface area contributed by atoms with E-state index >= 15 is 0 Å². The van der Waals surface area contributed by atoms with E-state index in [-0.39, 0.29) is 0 Å². The summed E-state index contributed by atoms with van der Waals surface area (Å²) >= 11 is 10.9. The molecule has 0 aliphatic rings. The molecule has 0 fully saturated rings. The van der Waals surface area contributed by atoms with Crippen LogP contribution in [0.1, 0.15) is 9.68 Å². The van der Waals surface area contributed by atoms with Crippen LogP contribution >= 0.6 is 23.2 Å². The molecule has 0 bridgehead atoms. The van der Waals surface area contributed by atoms with Gasteiger partial charge in [0, 0.05) is 0 Å². The molecule has 0 saturated carbocycles. The van der Waals surface area contributed by atoms with Gasteiger partial charge in [-0.3, -0.25) is 0 Å². The van der Waals surface area contributed by atoms with Gasteiger partial charge in [-0.2, -0.15) is 0 Å². The summed E-state index contributed by atoms with van der Waals surface area (Å²) in [6.07, 6.45) is 0. The summed E-state index contributed by atoms with van der Waals surface area (Å²) in [5.41, 5.74) is -0.549. The van der Waals surface area contributed by atoms with Gasteiger partial charge in [0.15, 0.2) is 5.17 Å². The zero-order valence-corrected chi connectivity index (χ0v) is 7.04. The minimum absolute atomic E-state index is 0.462. The van der Waals surface area contributed by atoms with Crippen LogP contribution < -0.4 is 0 Å². The van der Waals surface area contributed by atoms with Gasteiger partial charge in [0.25, 0.3) is 0 Å². The second-order valence-corrected chi connectivity index (χ2v) is 2.50. The van der Waals surface area contributed by atoms with Gasteiger partial charge in [-0.1, -0.05) is 34.4 Å². The minimum atomic E-state index is -1.19. The Balaban J connectivity index is 3.67. The maximum Gasteiger partial charge on any atom is 0.179 e. The van der Waals surface area contributed by atoms with E-state index in [0.29, 0.717) is 0 Å². The van der Waals surface area contributed by atoms with Crippen LogP contribution in [0.3, 0.4) is 0 Å². The van der Waals surface area contributed by atoms with Crippen molar-refractivity contribution in [3.05, 3.63) is 34.5 Å². The topological polar surface area (TPSA) is 32.6 Å². The number of benzene rings is 1. The van der Waals surface area contributed by atoms with Crippen LogP contribution in [0, 0.1) is 5.82 Å². The van der Waals surface area contributed by atoms with Crippen molar-refractivity contribution in [3.8, 4) is 0 Å². The zero-order valence-electron chi connectivity index (χ0n) is 8.53. The number of oxime groups is 1. The Morgan fingerprint density at radius 2 is 2.33 bits per heavy atom. The first-order valence-corrected chi connectivity index (χ1v) is 3.50. The van der Waals surface area contributed by atoms with Crippen molar-refractivity contribution in [2.45, 2.75) is 0 Å². The van der Waals surface area contributed by atoms with Gasteiger partial charge in [-0.05, 0) is 12.1 Å². The second-order valence-electron chi connectivity index (χ2n) is 1.77. The molecule has 0 aromatic heterocycles. The molecule has 1 aromatic rings. The zero-order chi connectivity index (χ0) is 11.7. The van der Waals surface area contributed by atoms with E-state index in [4.69, 9.17) is 32.5 Å². The Bertz CT molecular complexity index is 423. The largest absolute Gasteiger partial charge is 0.410 e. The first kappa shape index (κ1) is 5.78. The van der Waals surface area contributed by atoms with E-state index in [1.807, 2.05) is 0 Å². The highest BCUT2D eigenvalue weighted by Gasteiger charge is 2.11. The Morgan fingerprint density at radius 3 is 2.92 bits per heavy atom. The third-order valence-electron chi connectivity index (χ3n) is 1.08. The Hall–Kier alpha value is -0.800. The number of nitrogens with zero attached hydrogens (tertiary/aromatic N) is 1. The molecule has 0 radical (unpaired) electrons. The van der Waals surface area contributed by atoms with E-state index in [1.165, 1.54) is 0 Å². The van der Waals surface area contributed by atoms with Crippen molar-refractivity contribution >= 4 is 28.4 Å². The Labute approximate surface area is 82.4 Å². The predicted molar refractivity (Wildman–Crippen MR) is 45.6 cm³/mol. The molecule has 0 heterocycles. The van der Waals surface area contributed by atoms with Crippen molar-refractivity contribution in [1.29, 1.82) is 0 Å². The maximum absolute atomic E-state index is 13.4. The molecule has 1 aromatic carbocycles. The summed E-state index contributed by atoms with van der Waals surface area (Å²) in [5.74, 6) is -1.19. The van der Waals surface area contributed by atoms with Gasteiger partial charge in [-0.25, -0.2) is 4.39 Å². The maximum atomic E-state index is 13.4. The van der Waals surface area contributed by atoms with Crippen LogP contribution in [0.25, 0.3) is 0 Å². The molecule has 0 atom stereocenters. The molecule has 5 heteroatoms. The normalized spacial score (nSPS) is 15.2. The van der Waals surface area contributed by atoms with Crippen LogP contribution in [-0.2, 0) is 0 Å². The smallest absolute Gasteiger partial charge is 0.179 e.